The first-order valence-corrected chi connectivity index (χ1v) is 7.04. The fraction of sp³-hybridized carbons (Fsp3) is 0.235. The smallest absolute Gasteiger partial charge is 0.134 e. The van der Waals surface area contributed by atoms with Crippen LogP contribution in [0.2, 0.25) is 0 Å². The maximum atomic E-state index is 10.1. The van der Waals surface area contributed by atoms with E-state index in [4.69, 9.17) is 4.42 Å². The molecule has 0 amide bonds. The van der Waals surface area contributed by atoms with E-state index in [2.05, 4.69) is 10.3 Å². The Kier molecular flexibility index (Phi) is 3.99. The first-order chi connectivity index (χ1) is 10.2. The van der Waals surface area contributed by atoms with E-state index in [0.29, 0.717) is 6.54 Å². The predicted molar refractivity (Wildman–Crippen MR) is 81.8 cm³/mol. The normalized spacial score (nSPS) is 14.2. The second kappa shape index (κ2) is 6.08. The summed E-state index contributed by atoms with van der Waals surface area (Å²) in [5, 5.41) is 14.5. The van der Waals surface area contributed by atoms with Crippen LogP contribution in [0.3, 0.4) is 0 Å². The number of aliphatic hydroxyl groups is 1. The monoisotopic (exact) mass is 282 g/mol. The highest BCUT2D eigenvalue weighted by molar-refractivity contribution is 5.77. The molecule has 2 unspecified atom stereocenters. The highest BCUT2D eigenvalue weighted by Crippen LogP contribution is 2.24. The maximum absolute atomic E-state index is 10.1. The molecule has 0 aliphatic heterocycles. The number of nitrogens with one attached hydrogen (secondary N) is 1. The van der Waals surface area contributed by atoms with Crippen LogP contribution in [0, 0.1) is 0 Å². The number of pyridine rings is 1. The van der Waals surface area contributed by atoms with Gasteiger partial charge in [-0.3, -0.25) is 4.98 Å². The third-order valence-electron chi connectivity index (χ3n) is 3.58. The molecule has 0 spiro atoms. The second-order valence-electron chi connectivity index (χ2n) is 5.11. The Bertz CT molecular complexity index is 676. The van der Waals surface area contributed by atoms with Crippen LogP contribution in [-0.2, 0) is 0 Å². The fourth-order valence-corrected chi connectivity index (χ4v) is 2.31. The van der Waals surface area contributed by atoms with E-state index in [-0.39, 0.29) is 6.04 Å². The minimum absolute atomic E-state index is 0.0360. The van der Waals surface area contributed by atoms with Crippen molar-refractivity contribution >= 4 is 11.0 Å². The Balaban J connectivity index is 1.65. The molecule has 0 radical (unpaired) electrons. The Labute approximate surface area is 123 Å². The van der Waals surface area contributed by atoms with Crippen molar-refractivity contribution in [2.24, 2.45) is 0 Å². The van der Waals surface area contributed by atoms with Crippen LogP contribution in [0.15, 0.2) is 59.3 Å². The number of para-hydroxylation sites is 1. The van der Waals surface area contributed by atoms with Crippen molar-refractivity contribution in [3.05, 3.63) is 66.2 Å². The topological polar surface area (TPSA) is 58.3 Å². The predicted octanol–water partition coefficient (Wildman–Crippen LogP) is 3.21. The fourth-order valence-electron chi connectivity index (χ4n) is 2.31. The van der Waals surface area contributed by atoms with E-state index in [0.717, 1.165) is 22.3 Å². The summed E-state index contributed by atoms with van der Waals surface area (Å²) in [6.07, 6.45) is 2.81. The van der Waals surface area contributed by atoms with E-state index in [9.17, 15) is 5.11 Å². The molecule has 4 heteroatoms. The molecule has 0 bridgehead atoms. The zero-order valence-electron chi connectivity index (χ0n) is 11.9. The number of hydrogen-bond donors (Lipinski definition) is 2. The van der Waals surface area contributed by atoms with Gasteiger partial charge in [-0.15, -0.1) is 0 Å². The molecule has 2 N–H and O–H groups in total. The van der Waals surface area contributed by atoms with Crippen molar-refractivity contribution in [1.29, 1.82) is 0 Å². The molecule has 1 aromatic carbocycles. The molecule has 0 fully saturated rings. The van der Waals surface area contributed by atoms with Crippen molar-refractivity contribution in [2.75, 3.05) is 6.54 Å². The van der Waals surface area contributed by atoms with Gasteiger partial charge in [-0.05, 0) is 36.8 Å². The van der Waals surface area contributed by atoms with Gasteiger partial charge in [0.2, 0.25) is 0 Å². The molecular formula is C17H18N2O2. The summed E-state index contributed by atoms with van der Waals surface area (Å²) in [6.45, 7) is 2.49. The summed E-state index contributed by atoms with van der Waals surface area (Å²) in [5.41, 5.74) is 1.74. The number of nitrogens with zero attached hydrogens (tertiary/aromatic N) is 1. The zero-order chi connectivity index (χ0) is 14.7. The summed E-state index contributed by atoms with van der Waals surface area (Å²) in [6, 6.07) is 13.6. The number of fused-ring (bicyclic) bond motifs is 1. The van der Waals surface area contributed by atoms with E-state index in [1.165, 1.54) is 0 Å². The number of rotatable bonds is 5. The lowest BCUT2D eigenvalue weighted by atomic mass is 10.1. The van der Waals surface area contributed by atoms with Crippen molar-refractivity contribution in [3.8, 4) is 0 Å². The number of furan rings is 1. The minimum atomic E-state index is -0.556. The summed E-state index contributed by atoms with van der Waals surface area (Å²) in [7, 11) is 0. The van der Waals surface area contributed by atoms with Gasteiger partial charge in [-0.1, -0.05) is 18.2 Å². The van der Waals surface area contributed by atoms with Crippen LogP contribution in [0.25, 0.3) is 11.0 Å². The van der Waals surface area contributed by atoms with Gasteiger partial charge in [0.05, 0.1) is 12.1 Å². The molecule has 2 aromatic heterocycles. The molecule has 3 rings (SSSR count). The van der Waals surface area contributed by atoms with Crippen LogP contribution in [0.5, 0.6) is 0 Å². The zero-order valence-corrected chi connectivity index (χ0v) is 11.9. The average molecular weight is 282 g/mol. The number of aliphatic hydroxyl groups excluding tert-OH is 1. The van der Waals surface area contributed by atoms with Gasteiger partial charge >= 0.3 is 0 Å². The SMILES string of the molecule is CC(NCC(O)c1ccncc1)c1cc2ccccc2o1. The number of aromatic nitrogens is 1. The molecule has 2 atom stereocenters. The largest absolute Gasteiger partial charge is 0.459 e. The molecule has 108 valence electrons. The standard InChI is InChI=1S/C17H18N2O2/c1-12(17-10-14-4-2-3-5-16(14)21-17)19-11-15(20)13-6-8-18-9-7-13/h2-10,12,15,19-20H,11H2,1H3. The Morgan fingerprint density at radius 3 is 2.71 bits per heavy atom. The summed E-state index contributed by atoms with van der Waals surface area (Å²) >= 11 is 0. The second-order valence-corrected chi connectivity index (χ2v) is 5.11. The molecule has 0 saturated heterocycles. The van der Waals surface area contributed by atoms with Crippen LogP contribution in [-0.4, -0.2) is 16.6 Å². The molecule has 4 nitrogen and oxygen atoms in total. The van der Waals surface area contributed by atoms with E-state index >= 15 is 0 Å². The quantitative estimate of drug-likeness (QED) is 0.754. The lowest BCUT2D eigenvalue weighted by Gasteiger charge is -2.15. The minimum Gasteiger partial charge on any atom is -0.459 e. The summed E-state index contributed by atoms with van der Waals surface area (Å²) in [5.74, 6) is 0.873. The van der Waals surface area contributed by atoms with Gasteiger partial charge < -0.3 is 14.8 Å². The van der Waals surface area contributed by atoms with Gasteiger partial charge in [0.15, 0.2) is 0 Å². The first-order valence-electron chi connectivity index (χ1n) is 7.04. The Morgan fingerprint density at radius 2 is 1.95 bits per heavy atom. The molecule has 0 saturated carbocycles. The lowest BCUT2D eigenvalue weighted by Crippen LogP contribution is -2.24. The van der Waals surface area contributed by atoms with Gasteiger partial charge in [-0.2, -0.15) is 0 Å². The van der Waals surface area contributed by atoms with Gasteiger partial charge in [0.1, 0.15) is 11.3 Å². The molecule has 0 aliphatic rings. The van der Waals surface area contributed by atoms with Crippen molar-refractivity contribution in [1.82, 2.24) is 10.3 Å². The maximum Gasteiger partial charge on any atom is 0.134 e. The van der Waals surface area contributed by atoms with Crippen LogP contribution < -0.4 is 5.32 Å². The van der Waals surface area contributed by atoms with Crippen LogP contribution in [0.4, 0.5) is 0 Å². The first kappa shape index (κ1) is 13.8. The summed E-state index contributed by atoms with van der Waals surface area (Å²) < 4.78 is 5.81. The lowest BCUT2D eigenvalue weighted by molar-refractivity contribution is 0.169. The molecule has 3 aromatic rings. The third-order valence-corrected chi connectivity index (χ3v) is 3.58. The van der Waals surface area contributed by atoms with Gasteiger partial charge in [-0.25, -0.2) is 0 Å². The molecule has 0 aliphatic carbocycles. The summed E-state index contributed by atoms with van der Waals surface area (Å²) in [4.78, 5) is 3.95. The third kappa shape index (κ3) is 3.12. The number of benzene rings is 1. The molecule has 21 heavy (non-hydrogen) atoms. The van der Waals surface area contributed by atoms with Crippen molar-refractivity contribution in [2.45, 2.75) is 19.1 Å². The highest BCUT2D eigenvalue weighted by Gasteiger charge is 2.13. The number of hydrogen-bond acceptors (Lipinski definition) is 4. The van der Waals surface area contributed by atoms with Crippen LogP contribution >= 0.6 is 0 Å². The van der Waals surface area contributed by atoms with Gasteiger partial charge in [0, 0.05) is 24.3 Å². The van der Waals surface area contributed by atoms with Crippen LogP contribution in [0.1, 0.15) is 30.4 Å². The van der Waals surface area contributed by atoms with E-state index < -0.39 is 6.10 Å². The van der Waals surface area contributed by atoms with Crippen molar-refractivity contribution in [3.63, 3.8) is 0 Å². The molecule has 2 heterocycles. The highest BCUT2D eigenvalue weighted by atomic mass is 16.3. The molecular weight excluding hydrogens is 264 g/mol. The van der Waals surface area contributed by atoms with E-state index in [1.807, 2.05) is 49.4 Å². The van der Waals surface area contributed by atoms with Crippen molar-refractivity contribution < 1.29 is 9.52 Å². The van der Waals surface area contributed by atoms with Gasteiger partial charge in [0.25, 0.3) is 0 Å². The Morgan fingerprint density at radius 1 is 1.19 bits per heavy atom. The average Bonchev–Trinajstić information content (AvgIpc) is 2.97. The Hall–Kier alpha value is -2.17. The van der Waals surface area contributed by atoms with E-state index in [1.54, 1.807) is 12.4 Å².